The number of aryl methyl sites for hydroxylation is 1. The zero-order valence-corrected chi connectivity index (χ0v) is 15.0. The van der Waals surface area contributed by atoms with E-state index in [2.05, 4.69) is 4.98 Å². The van der Waals surface area contributed by atoms with Gasteiger partial charge in [-0.1, -0.05) is 0 Å². The largest absolute Gasteiger partial charge is 0.422 e. The molecule has 142 valence electrons. The highest BCUT2D eigenvalue weighted by atomic mass is 32.1. The first-order valence-corrected chi connectivity index (χ1v) is 8.83. The van der Waals surface area contributed by atoms with Gasteiger partial charge >= 0.3 is 6.01 Å². The van der Waals surface area contributed by atoms with Crippen LogP contribution in [0, 0.1) is 30.2 Å². The fraction of sp³-hybridized carbons (Fsp3) is 0.0526. The summed E-state index contributed by atoms with van der Waals surface area (Å²) in [6, 6.07) is 6.12. The summed E-state index contributed by atoms with van der Waals surface area (Å²) in [4.78, 5) is 17.2. The van der Waals surface area contributed by atoms with Gasteiger partial charge in [-0.05, 0) is 54.3 Å². The van der Waals surface area contributed by atoms with E-state index in [9.17, 15) is 22.4 Å². The Morgan fingerprint density at radius 2 is 1.71 bits per heavy atom. The molecule has 0 N–H and O–H groups in total. The van der Waals surface area contributed by atoms with Crippen molar-refractivity contribution in [1.82, 2.24) is 9.55 Å². The number of hydrogen-bond acceptors (Lipinski definition) is 4. The number of halogens is 4. The first-order chi connectivity index (χ1) is 13.4. The van der Waals surface area contributed by atoms with Crippen LogP contribution >= 0.6 is 11.3 Å². The zero-order chi connectivity index (χ0) is 20.0. The maximum atomic E-state index is 14.1. The van der Waals surface area contributed by atoms with Crippen molar-refractivity contribution in [3.63, 3.8) is 0 Å². The molecule has 0 amide bonds. The Labute approximate surface area is 159 Å². The SMILES string of the molecule is Cc1csc2c(=O)n(-c3ccc(F)cc3)c(Oc3ccc(F)c(F)c3F)nc12. The summed E-state index contributed by atoms with van der Waals surface area (Å²) >= 11 is 1.17. The number of aromatic nitrogens is 2. The van der Waals surface area contributed by atoms with Crippen LogP contribution in [0.5, 0.6) is 11.8 Å². The fourth-order valence-electron chi connectivity index (χ4n) is 2.63. The monoisotopic (exact) mass is 406 g/mol. The minimum Gasteiger partial charge on any atom is -0.422 e. The van der Waals surface area contributed by atoms with Crippen molar-refractivity contribution in [2.75, 3.05) is 0 Å². The average Bonchev–Trinajstić information content (AvgIpc) is 3.05. The average molecular weight is 406 g/mol. The zero-order valence-electron chi connectivity index (χ0n) is 14.2. The van der Waals surface area contributed by atoms with Crippen molar-refractivity contribution in [1.29, 1.82) is 0 Å². The van der Waals surface area contributed by atoms with Gasteiger partial charge in [0.15, 0.2) is 17.4 Å². The number of fused-ring (bicyclic) bond motifs is 1. The Kier molecular flexibility index (Phi) is 4.38. The third kappa shape index (κ3) is 2.93. The lowest BCUT2D eigenvalue weighted by Crippen LogP contribution is -2.20. The van der Waals surface area contributed by atoms with E-state index < -0.39 is 34.6 Å². The molecule has 4 rings (SSSR count). The smallest absolute Gasteiger partial charge is 0.310 e. The lowest BCUT2D eigenvalue weighted by atomic mass is 10.3. The van der Waals surface area contributed by atoms with Crippen LogP contribution in [0.1, 0.15) is 5.56 Å². The molecule has 0 fully saturated rings. The molecule has 0 spiro atoms. The third-order valence-electron chi connectivity index (χ3n) is 4.02. The molecule has 9 heteroatoms. The van der Waals surface area contributed by atoms with Crippen molar-refractivity contribution >= 4 is 21.6 Å². The fourth-order valence-corrected chi connectivity index (χ4v) is 3.55. The van der Waals surface area contributed by atoms with Crippen LogP contribution in [0.4, 0.5) is 17.6 Å². The number of hydrogen-bond donors (Lipinski definition) is 0. The van der Waals surface area contributed by atoms with Gasteiger partial charge < -0.3 is 4.74 Å². The molecule has 0 aliphatic carbocycles. The Balaban J connectivity index is 1.97. The van der Waals surface area contributed by atoms with Crippen molar-refractivity contribution in [2.45, 2.75) is 6.92 Å². The predicted molar refractivity (Wildman–Crippen MR) is 96.3 cm³/mol. The summed E-state index contributed by atoms with van der Waals surface area (Å²) in [6.07, 6.45) is 0. The van der Waals surface area contributed by atoms with Gasteiger partial charge in [-0.25, -0.2) is 17.7 Å². The van der Waals surface area contributed by atoms with E-state index in [1.807, 2.05) is 0 Å². The van der Waals surface area contributed by atoms with Crippen molar-refractivity contribution < 1.29 is 22.3 Å². The highest BCUT2D eigenvalue weighted by Gasteiger charge is 2.21. The topological polar surface area (TPSA) is 44.1 Å². The molecule has 2 aromatic heterocycles. The van der Waals surface area contributed by atoms with Gasteiger partial charge in [0.2, 0.25) is 5.82 Å². The molecule has 0 atom stereocenters. The Bertz CT molecular complexity index is 1270. The number of thiophene rings is 1. The molecule has 0 aliphatic heterocycles. The molecular formula is C19H10F4N2O2S. The van der Waals surface area contributed by atoms with E-state index in [-0.39, 0.29) is 11.7 Å². The molecule has 2 aromatic carbocycles. The van der Waals surface area contributed by atoms with Crippen LogP contribution in [-0.4, -0.2) is 9.55 Å². The highest BCUT2D eigenvalue weighted by molar-refractivity contribution is 7.17. The van der Waals surface area contributed by atoms with Gasteiger partial charge in [0.05, 0.1) is 11.2 Å². The van der Waals surface area contributed by atoms with Crippen LogP contribution in [0.3, 0.4) is 0 Å². The standard InChI is InChI=1S/C19H10F4N2O2S/c1-9-8-28-17-16(9)24-19(27-13-7-6-12(21)14(22)15(13)23)25(18(17)26)11-4-2-10(20)3-5-11/h2-8H,1H3. The highest BCUT2D eigenvalue weighted by Crippen LogP contribution is 2.30. The Hall–Kier alpha value is -3.20. The van der Waals surface area contributed by atoms with E-state index in [0.29, 0.717) is 21.8 Å². The van der Waals surface area contributed by atoms with Crippen molar-refractivity contribution in [2.24, 2.45) is 0 Å². The molecule has 2 heterocycles. The molecule has 0 unspecified atom stereocenters. The summed E-state index contributed by atoms with van der Waals surface area (Å²) in [6.45, 7) is 1.73. The summed E-state index contributed by atoms with van der Waals surface area (Å²) in [7, 11) is 0. The Morgan fingerprint density at radius 1 is 1.00 bits per heavy atom. The molecule has 0 saturated heterocycles. The predicted octanol–water partition coefficient (Wildman–Crippen LogP) is 5.10. The summed E-state index contributed by atoms with van der Waals surface area (Å²) in [5.41, 5.74) is 0.725. The van der Waals surface area contributed by atoms with E-state index in [4.69, 9.17) is 4.74 Å². The maximum absolute atomic E-state index is 14.1. The van der Waals surface area contributed by atoms with E-state index in [0.717, 1.165) is 22.8 Å². The summed E-state index contributed by atoms with van der Waals surface area (Å²) in [5.74, 6) is -5.80. The second-order valence-electron chi connectivity index (χ2n) is 5.88. The second kappa shape index (κ2) is 6.75. The number of ether oxygens (including phenoxy) is 1. The van der Waals surface area contributed by atoms with Crippen LogP contribution in [0.15, 0.2) is 46.6 Å². The van der Waals surface area contributed by atoms with Crippen LogP contribution < -0.4 is 10.3 Å². The first kappa shape index (κ1) is 18.2. The molecule has 28 heavy (non-hydrogen) atoms. The van der Waals surface area contributed by atoms with Gasteiger partial charge in [0.25, 0.3) is 5.56 Å². The lowest BCUT2D eigenvalue weighted by Gasteiger charge is -2.13. The van der Waals surface area contributed by atoms with Gasteiger partial charge in [0.1, 0.15) is 10.5 Å². The minimum atomic E-state index is -1.71. The molecule has 0 radical (unpaired) electrons. The van der Waals surface area contributed by atoms with E-state index in [1.165, 1.54) is 23.5 Å². The van der Waals surface area contributed by atoms with Crippen molar-refractivity contribution in [3.8, 4) is 17.4 Å². The quantitative estimate of drug-likeness (QED) is 0.351. The third-order valence-corrected chi connectivity index (χ3v) is 5.10. The summed E-state index contributed by atoms with van der Waals surface area (Å²) < 4.78 is 60.8. The van der Waals surface area contributed by atoms with Gasteiger partial charge in [-0.3, -0.25) is 4.79 Å². The Morgan fingerprint density at radius 3 is 2.43 bits per heavy atom. The maximum Gasteiger partial charge on any atom is 0.310 e. The van der Waals surface area contributed by atoms with Crippen LogP contribution in [-0.2, 0) is 0 Å². The second-order valence-corrected chi connectivity index (χ2v) is 6.76. The number of benzene rings is 2. The van der Waals surface area contributed by atoms with Crippen molar-refractivity contribution in [3.05, 3.63) is 81.0 Å². The molecular weight excluding hydrogens is 396 g/mol. The number of rotatable bonds is 3. The van der Waals surface area contributed by atoms with Crippen LogP contribution in [0.25, 0.3) is 15.9 Å². The molecule has 4 aromatic rings. The van der Waals surface area contributed by atoms with E-state index >= 15 is 0 Å². The normalized spacial score (nSPS) is 11.2. The molecule has 4 nitrogen and oxygen atoms in total. The van der Waals surface area contributed by atoms with Gasteiger partial charge in [-0.2, -0.15) is 9.37 Å². The van der Waals surface area contributed by atoms with Gasteiger partial charge in [0, 0.05) is 0 Å². The summed E-state index contributed by atoms with van der Waals surface area (Å²) in [5, 5.41) is 1.72. The van der Waals surface area contributed by atoms with E-state index in [1.54, 1.807) is 12.3 Å². The molecule has 0 saturated carbocycles. The molecule has 0 aliphatic rings. The minimum absolute atomic E-state index is 0.213. The lowest BCUT2D eigenvalue weighted by molar-refractivity contribution is 0.371. The number of nitrogens with zero attached hydrogens (tertiary/aromatic N) is 2. The first-order valence-electron chi connectivity index (χ1n) is 7.95. The van der Waals surface area contributed by atoms with Crippen LogP contribution in [0.2, 0.25) is 0 Å². The molecule has 0 bridgehead atoms. The van der Waals surface area contributed by atoms with Gasteiger partial charge in [-0.15, -0.1) is 11.3 Å².